The maximum absolute atomic E-state index is 5.70. The summed E-state index contributed by atoms with van der Waals surface area (Å²) in [4.78, 5) is 4.16. The molecule has 1 heterocycles. The smallest absolute Gasteiger partial charge is 0.213 e. The van der Waals surface area contributed by atoms with Gasteiger partial charge in [0.2, 0.25) is 5.88 Å². The molecule has 0 radical (unpaired) electrons. The summed E-state index contributed by atoms with van der Waals surface area (Å²) >= 11 is 0. The molecular formula is C12H20N2O. The van der Waals surface area contributed by atoms with Crippen molar-refractivity contribution in [3.05, 3.63) is 23.9 Å². The number of ether oxygens (including phenoxy) is 1. The van der Waals surface area contributed by atoms with Crippen molar-refractivity contribution in [2.75, 3.05) is 0 Å². The molecule has 0 aromatic carbocycles. The van der Waals surface area contributed by atoms with E-state index in [1.165, 1.54) is 0 Å². The highest BCUT2D eigenvalue weighted by molar-refractivity contribution is 5.20. The van der Waals surface area contributed by atoms with Gasteiger partial charge in [-0.2, -0.15) is 0 Å². The third-order valence-corrected chi connectivity index (χ3v) is 2.16. The van der Waals surface area contributed by atoms with Gasteiger partial charge < -0.3 is 10.5 Å². The largest absolute Gasteiger partial charge is 0.475 e. The maximum atomic E-state index is 5.70. The molecule has 0 unspecified atom stereocenters. The highest BCUT2D eigenvalue weighted by Gasteiger charge is 2.07. The van der Waals surface area contributed by atoms with E-state index < -0.39 is 0 Å². The van der Waals surface area contributed by atoms with Crippen molar-refractivity contribution in [3.8, 4) is 5.88 Å². The van der Waals surface area contributed by atoms with Crippen LogP contribution in [0.25, 0.3) is 0 Å². The first-order chi connectivity index (χ1) is 7.11. The van der Waals surface area contributed by atoms with Crippen molar-refractivity contribution in [2.45, 2.75) is 39.8 Å². The summed E-state index contributed by atoms with van der Waals surface area (Å²) in [5.74, 6) is 1.31. The van der Waals surface area contributed by atoms with Gasteiger partial charge in [-0.1, -0.05) is 13.8 Å². The lowest BCUT2D eigenvalue weighted by Gasteiger charge is -2.15. The summed E-state index contributed by atoms with van der Waals surface area (Å²) < 4.78 is 5.70. The molecule has 1 atom stereocenters. The van der Waals surface area contributed by atoms with Crippen LogP contribution in [0.15, 0.2) is 18.3 Å². The van der Waals surface area contributed by atoms with Gasteiger partial charge in [0.05, 0.1) is 6.10 Å². The summed E-state index contributed by atoms with van der Waals surface area (Å²) in [5.41, 5.74) is 6.60. The second-order valence-corrected chi connectivity index (χ2v) is 4.26. The molecule has 0 aliphatic carbocycles. The van der Waals surface area contributed by atoms with Gasteiger partial charge in [0.25, 0.3) is 0 Å². The van der Waals surface area contributed by atoms with Crippen LogP contribution in [0.3, 0.4) is 0 Å². The number of nitrogens with two attached hydrogens (primary N) is 1. The van der Waals surface area contributed by atoms with Crippen LogP contribution in [0.2, 0.25) is 0 Å². The highest BCUT2D eigenvalue weighted by atomic mass is 16.5. The van der Waals surface area contributed by atoms with Crippen molar-refractivity contribution in [2.24, 2.45) is 11.7 Å². The van der Waals surface area contributed by atoms with E-state index in [1.54, 1.807) is 6.20 Å². The fourth-order valence-corrected chi connectivity index (χ4v) is 1.56. The number of hydrogen-bond donors (Lipinski definition) is 1. The Balaban J connectivity index is 2.55. The first kappa shape index (κ1) is 12.0. The van der Waals surface area contributed by atoms with Gasteiger partial charge in [-0.15, -0.1) is 0 Å². The van der Waals surface area contributed by atoms with Crippen LogP contribution < -0.4 is 10.5 Å². The average Bonchev–Trinajstić information content (AvgIpc) is 2.16. The fourth-order valence-electron chi connectivity index (χ4n) is 1.56. The predicted octanol–water partition coefficient (Wildman–Crippen LogP) is 2.35. The van der Waals surface area contributed by atoms with Gasteiger partial charge >= 0.3 is 0 Å². The molecule has 84 valence electrons. The van der Waals surface area contributed by atoms with Crippen LogP contribution in [0.1, 0.15) is 32.8 Å². The number of aromatic nitrogens is 1. The van der Waals surface area contributed by atoms with Crippen LogP contribution >= 0.6 is 0 Å². The van der Waals surface area contributed by atoms with E-state index in [4.69, 9.17) is 10.5 Å². The van der Waals surface area contributed by atoms with E-state index in [0.29, 0.717) is 18.3 Å². The number of rotatable bonds is 5. The van der Waals surface area contributed by atoms with E-state index in [0.717, 1.165) is 12.0 Å². The molecule has 0 fully saturated rings. The third kappa shape index (κ3) is 4.30. The molecule has 0 aliphatic heterocycles. The van der Waals surface area contributed by atoms with Crippen LogP contribution in [-0.4, -0.2) is 11.1 Å². The molecule has 1 rings (SSSR count). The Kier molecular flexibility index (Phi) is 4.56. The number of hydrogen-bond acceptors (Lipinski definition) is 3. The van der Waals surface area contributed by atoms with Crippen molar-refractivity contribution in [3.63, 3.8) is 0 Å². The molecule has 3 nitrogen and oxygen atoms in total. The fraction of sp³-hybridized carbons (Fsp3) is 0.583. The lowest BCUT2D eigenvalue weighted by atomic mass is 10.1. The summed E-state index contributed by atoms with van der Waals surface area (Å²) in [5, 5.41) is 0. The highest BCUT2D eigenvalue weighted by Crippen LogP contribution is 2.14. The number of nitrogens with zero attached hydrogens (tertiary/aromatic N) is 1. The van der Waals surface area contributed by atoms with Gasteiger partial charge in [-0.25, -0.2) is 4.98 Å². The van der Waals surface area contributed by atoms with Crippen LogP contribution in [0.4, 0.5) is 0 Å². The van der Waals surface area contributed by atoms with Gasteiger partial charge in [0, 0.05) is 18.8 Å². The first-order valence-electron chi connectivity index (χ1n) is 5.43. The molecule has 1 aromatic heterocycles. The molecule has 0 spiro atoms. The Morgan fingerprint density at radius 3 is 2.73 bits per heavy atom. The molecule has 0 saturated carbocycles. The van der Waals surface area contributed by atoms with Crippen molar-refractivity contribution >= 4 is 0 Å². The van der Waals surface area contributed by atoms with Crippen molar-refractivity contribution in [1.29, 1.82) is 0 Å². The molecule has 0 saturated heterocycles. The van der Waals surface area contributed by atoms with E-state index in [9.17, 15) is 0 Å². The van der Waals surface area contributed by atoms with E-state index in [-0.39, 0.29) is 6.10 Å². The Bertz CT molecular complexity index is 299. The Hall–Kier alpha value is -1.09. The van der Waals surface area contributed by atoms with Crippen LogP contribution in [0, 0.1) is 5.92 Å². The summed E-state index contributed by atoms with van der Waals surface area (Å²) in [6, 6.07) is 3.80. The molecule has 2 N–H and O–H groups in total. The summed E-state index contributed by atoms with van der Waals surface area (Å²) in [7, 11) is 0. The minimum atomic E-state index is 0.200. The molecule has 0 bridgehead atoms. The number of pyridine rings is 1. The monoisotopic (exact) mass is 208 g/mol. The molecule has 15 heavy (non-hydrogen) atoms. The lowest BCUT2D eigenvalue weighted by Crippen LogP contribution is -2.15. The van der Waals surface area contributed by atoms with Crippen LogP contribution in [-0.2, 0) is 6.54 Å². The zero-order chi connectivity index (χ0) is 11.3. The van der Waals surface area contributed by atoms with Gasteiger partial charge in [0.1, 0.15) is 0 Å². The SMILES string of the molecule is CC(C)C[C@@H](C)Oc1cc(CN)ccn1. The first-order valence-corrected chi connectivity index (χ1v) is 5.43. The summed E-state index contributed by atoms with van der Waals surface area (Å²) in [6.45, 7) is 6.96. The standard InChI is InChI=1S/C12H20N2O/c1-9(2)6-10(3)15-12-7-11(8-13)4-5-14-12/h4-5,7,9-10H,6,8,13H2,1-3H3/t10-/m1/s1. The molecule has 1 aromatic rings. The quantitative estimate of drug-likeness (QED) is 0.808. The van der Waals surface area contributed by atoms with Crippen molar-refractivity contribution < 1.29 is 4.74 Å². The van der Waals surface area contributed by atoms with Crippen molar-refractivity contribution in [1.82, 2.24) is 4.98 Å². The van der Waals surface area contributed by atoms with Gasteiger partial charge in [0.15, 0.2) is 0 Å². The molecule has 0 aliphatic rings. The average molecular weight is 208 g/mol. The van der Waals surface area contributed by atoms with Gasteiger partial charge in [-0.05, 0) is 30.9 Å². The Morgan fingerprint density at radius 2 is 2.13 bits per heavy atom. The molecule has 3 heteroatoms. The minimum Gasteiger partial charge on any atom is -0.475 e. The topological polar surface area (TPSA) is 48.1 Å². The minimum absolute atomic E-state index is 0.200. The normalized spacial score (nSPS) is 12.9. The second kappa shape index (κ2) is 5.71. The lowest BCUT2D eigenvalue weighted by molar-refractivity contribution is 0.185. The van der Waals surface area contributed by atoms with Crippen LogP contribution in [0.5, 0.6) is 5.88 Å². The zero-order valence-corrected chi connectivity index (χ0v) is 9.73. The Morgan fingerprint density at radius 1 is 1.40 bits per heavy atom. The third-order valence-electron chi connectivity index (χ3n) is 2.16. The van der Waals surface area contributed by atoms with E-state index in [2.05, 4.69) is 25.8 Å². The Labute approximate surface area is 91.7 Å². The molecular weight excluding hydrogens is 188 g/mol. The second-order valence-electron chi connectivity index (χ2n) is 4.26. The predicted molar refractivity (Wildman–Crippen MR) is 61.7 cm³/mol. The van der Waals surface area contributed by atoms with Gasteiger partial charge in [-0.3, -0.25) is 0 Å². The maximum Gasteiger partial charge on any atom is 0.213 e. The zero-order valence-electron chi connectivity index (χ0n) is 9.73. The summed E-state index contributed by atoms with van der Waals surface area (Å²) in [6.07, 6.45) is 2.97. The van der Waals surface area contributed by atoms with E-state index in [1.807, 2.05) is 12.1 Å². The molecule has 0 amide bonds. The van der Waals surface area contributed by atoms with E-state index >= 15 is 0 Å².